The van der Waals surface area contributed by atoms with Crippen molar-refractivity contribution in [3.63, 3.8) is 0 Å². The molecule has 2 heterocycles. The summed E-state index contributed by atoms with van der Waals surface area (Å²) in [6.45, 7) is 3.25. The van der Waals surface area contributed by atoms with Gasteiger partial charge in [0.2, 0.25) is 5.91 Å². The molecule has 2 aliphatic rings. The number of carbonyl (C=O) groups excluding carboxylic acids is 1. The Balaban J connectivity index is 1.75. The highest BCUT2D eigenvalue weighted by Gasteiger charge is 2.32. The third-order valence-corrected chi connectivity index (χ3v) is 5.34. The van der Waals surface area contributed by atoms with Crippen molar-refractivity contribution in [2.75, 3.05) is 19.8 Å². The number of likely N-dealkylation sites (tertiary alicyclic amines) is 1. The smallest absolute Gasteiger partial charge is 0.308 e. The summed E-state index contributed by atoms with van der Waals surface area (Å²) in [6.07, 6.45) is 1.53. The van der Waals surface area contributed by atoms with E-state index in [1.54, 1.807) is 4.90 Å². The van der Waals surface area contributed by atoms with Gasteiger partial charge in [0.1, 0.15) is 13.2 Å². The molecule has 1 amide bonds. The van der Waals surface area contributed by atoms with Gasteiger partial charge in [0.05, 0.1) is 12.3 Å². The number of rotatable bonds is 3. The van der Waals surface area contributed by atoms with Crippen LogP contribution in [0.25, 0.3) is 0 Å². The average Bonchev–Trinajstić information content (AvgIpc) is 2.55. The predicted octanol–water partition coefficient (Wildman–Crippen LogP) is 2.47. The second-order valence-electron chi connectivity index (χ2n) is 6.27. The number of nitrogens with zero attached hydrogens (tertiary/aromatic N) is 1. The Morgan fingerprint density at radius 1 is 1.25 bits per heavy atom. The van der Waals surface area contributed by atoms with Gasteiger partial charge in [-0.05, 0) is 37.5 Å². The summed E-state index contributed by atoms with van der Waals surface area (Å²) in [5.41, 5.74) is 0.814. The fraction of sp³-hybridized carbons (Fsp3) is 0.529. The first-order valence-corrected chi connectivity index (χ1v) is 8.85. The van der Waals surface area contributed by atoms with Crippen molar-refractivity contribution in [2.45, 2.75) is 32.2 Å². The van der Waals surface area contributed by atoms with Gasteiger partial charge in [0.15, 0.2) is 11.5 Å². The topological polar surface area (TPSA) is 76.1 Å². The van der Waals surface area contributed by atoms with Crippen LogP contribution in [0.1, 0.15) is 25.3 Å². The lowest BCUT2D eigenvalue weighted by Crippen LogP contribution is -2.47. The molecule has 3 rings (SSSR count). The molecule has 24 heavy (non-hydrogen) atoms. The lowest BCUT2D eigenvalue weighted by molar-refractivity contribution is -0.147. The highest BCUT2D eigenvalue weighted by atomic mass is 79.9. The fourth-order valence-corrected chi connectivity index (χ4v) is 3.62. The zero-order valence-corrected chi connectivity index (χ0v) is 15.0. The number of carboxylic acid groups (broad SMARTS) is 1. The number of fused-ring (bicyclic) bond motifs is 1. The van der Waals surface area contributed by atoms with Crippen LogP contribution >= 0.6 is 15.9 Å². The van der Waals surface area contributed by atoms with Gasteiger partial charge in [-0.1, -0.05) is 15.9 Å². The van der Waals surface area contributed by atoms with E-state index in [1.165, 1.54) is 0 Å². The summed E-state index contributed by atoms with van der Waals surface area (Å²) in [5.74, 6) is -0.0659. The lowest BCUT2D eigenvalue weighted by Gasteiger charge is -2.36. The van der Waals surface area contributed by atoms with Crippen LogP contribution in [0.2, 0.25) is 0 Å². The van der Waals surface area contributed by atoms with Crippen molar-refractivity contribution >= 4 is 27.8 Å². The van der Waals surface area contributed by atoms with Gasteiger partial charge < -0.3 is 19.5 Å². The molecule has 0 aromatic heterocycles. The zero-order valence-electron chi connectivity index (χ0n) is 13.5. The monoisotopic (exact) mass is 397 g/mol. The minimum absolute atomic E-state index is 0.0593. The van der Waals surface area contributed by atoms with Crippen molar-refractivity contribution in [1.82, 2.24) is 4.90 Å². The summed E-state index contributed by atoms with van der Waals surface area (Å²) in [5, 5.41) is 9.21. The first-order chi connectivity index (χ1) is 11.5. The number of ether oxygens (including phenoxy) is 2. The standard InChI is InChI=1S/C17H20BrNO5/c1-10-2-3-11(17(21)22)9-19(10)16(20)7-12-6-14-15(8-13(12)18)24-5-4-23-14/h6,8,10-11H,2-5,7,9H2,1H3,(H,21,22). The Bertz CT molecular complexity index is 663. The highest BCUT2D eigenvalue weighted by Crippen LogP contribution is 2.36. The molecular formula is C17H20BrNO5. The quantitative estimate of drug-likeness (QED) is 0.847. The number of hydrogen-bond donors (Lipinski definition) is 1. The van der Waals surface area contributed by atoms with Crippen LogP contribution in [-0.4, -0.2) is 47.7 Å². The van der Waals surface area contributed by atoms with Gasteiger partial charge in [-0.2, -0.15) is 0 Å². The van der Waals surface area contributed by atoms with Crippen molar-refractivity contribution < 1.29 is 24.2 Å². The minimum atomic E-state index is -0.833. The number of hydrogen-bond acceptors (Lipinski definition) is 4. The maximum atomic E-state index is 12.7. The normalized spacial score (nSPS) is 23.0. The van der Waals surface area contributed by atoms with Crippen LogP contribution < -0.4 is 9.47 Å². The summed E-state index contributed by atoms with van der Waals surface area (Å²) >= 11 is 3.48. The van der Waals surface area contributed by atoms with Crippen molar-refractivity contribution in [1.29, 1.82) is 0 Å². The van der Waals surface area contributed by atoms with Crippen LogP contribution in [0.3, 0.4) is 0 Å². The molecule has 130 valence electrons. The van der Waals surface area contributed by atoms with Crippen molar-refractivity contribution in [3.05, 3.63) is 22.2 Å². The Morgan fingerprint density at radius 3 is 2.58 bits per heavy atom. The molecular weight excluding hydrogens is 378 g/mol. The maximum absolute atomic E-state index is 12.7. The van der Waals surface area contributed by atoms with E-state index in [2.05, 4.69) is 15.9 Å². The molecule has 0 aliphatic carbocycles. The average molecular weight is 398 g/mol. The molecule has 1 aromatic carbocycles. The van der Waals surface area contributed by atoms with E-state index in [0.717, 1.165) is 10.0 Å². The van der Waals surface area contributed by atoms with E-state index in [9.17, 15) is 14.7 Å². The van der Waals surface area contributed by atoms with Crippen LogP contribution in [0.4, 0.5) is 0 Å². The summed E-state index contributed by atoms with van der Waals surface area (Å²) in [4.78, 5) is 25.6. The van der Waals surface area contributed by atoms with Crippen molar-refractivity contribution in [3.8, 4) is 11.5 Å². The number of halogens is 1. The Hall–Kier alpha value is -1.76. The van der Waals surface area contributed by atoms with E-state index >= 15 is 0 Å². The van der Waals surface area contributed by atoms with E-state index in [-0.39, 0.29) is 24.9 Å². The van der Waals surface area contributed by atoms with E-state index in [0.29, 0.717) is 37.6 Å². The minimum Gasteiger partial charge on any atom is -0.486 e. The largest absolute Gasteiger partial charge is 0.486 e. The number of piperidine rings is 1. The van der Waals surface area contributed by atoms with Gasteiger partial charge in [0, 0.05) is 17.1 Å². The Morgan fingerprint density at radius 2 is 1.92 bits per heavy atom. The van der Waals surface area contributed by atoms with Crippen LogP contribution in [0.5, 0.6) is 11.5 Å². The second kappa shape index (κ2) is 7.01. The molecule has 1 aromatic rings. The summed E-state index contributed by atoms with van der Waals surface area (Å²) in [7, 11) is 0. The molecule has 2 atom stereocenters. The van der Waals surface area contributed by atoms with E-state index < -0.39 is 11.9 Å². The predicted molar refractivity (Wildman–Crippen MR) is 90.4 cm³/mol. The molecule has 6 nitrogen and oxygen atoms in total. The molecule has 1 saturated heterocycles. The number of amides is 1. The van der Waals surface area contributed by atoms with Crippen LogP contribution in [0.15, 0.2) is 16.6 Å². The molecule has 0 saturated carbocycles. The second-order valence-corrected chi connectivity index (χ2v) is 7.13. The van der Waals surface area contributed by atoms with Gasteiger partial charge in [-0.3, -0.25) is 9.59 Å². The molecule has 0 bridgehead atoms. The molecule has 1 fully saturated rings. The lowest BCUT2D eigenvalue weighted by atomic mass is 9.93. The fourth-order valence-electron chi connectivity index (χ4n) is 3.16. The van der Waals surface area contributed by atoms with E-state index in [1.807, 2.05) is 19.1 Å². The third kappa shape index (κ3) is 3.50. The number of aliphatic carboxylic acids is 1. The summed E-state index contributed by atoms with van der Waals surface area (Å²) < 4.78 is 11.9. The number of carbonyl (C=O) groups is 2. The first-order valence-electron chi connectivity index (χ1n) is 8.06. The van der Waals surface area contributed by atoms with Crippen LogP contribution in [-0.2, 0) is 16.0 Å². The van der Waals surface area contributed by atoms with E-state index in [4.69, 9.17) is 9.47 Å². The molecule has 0 radical (unpaired) electrons. The summed E-state index contributed by atoms with van der Waals surface area (Å²) in [6, 6.07) is 3.69. The van der Waals surface area contributed by atoms with Crippen LogP contribution in [0, 0.1) is 5.92 Å². The molecule has 1 N–H and O–H groups in total. The number of benzene rings is 1. The van der Waals surface area contributed by atoms with Gasteiger partial charge in [-0.25, -0.2) is 0 Å². The van der Waals surface area contributed by atoms with Gasteiger partial charge in [0.25, 0.3) is 0 Å². The zero-order chi connectivity index (χ0) is 17.3. The third-order valence-electron chi connectivity index (χ3n) is 4.60. The van der Waals surface area contributed by atoms with Crippen molar-refractivity contribution in [2.24, 2.45) is 5.92 Å². The highest BCUT2D eigenvalue weighted by molar-refractivity contribution is 9.10. The molecule has 2 unspecified atom stereocenters. The molecule has 0 spiro atoms. The SMILES string of the molecule is CC1CCC(C(=O)O)CN1C(=O)Cc1cc2c(cc1Br)OCCO2. The number of carboxylic acids is 1. The Labute approximate surface area is 148 Å². The Kier molecular flexibility index (Phi) is 4.99. The maximum Gasteiger partial charge on any atom is 0.308 e. The molecule has 7 heteroatoms. The van der Waals surface area contributed by atoms with Gasteiger partial charge >= 0.3 is 5.97 Å². The molecule has 2 aliphatic heterocycles. The van der Waals surface area contributed by atoms with Gasteiger partial charge in [-0.15, -0.1) is 0 Å². The first kappa shape index (κ1) is 17.1.